The number of hydrogen-bond acceptors (Lipinski definition) is 4. The maximum Gasteiger partial charge on any atom is 0.137 e. The van der Waals surface area contributed by atoms with Crippen LogP contribution < -0.4 is 5.32 Å². The molecule has 88 valence electrons. The Bertz CT molecular complexity index is 404. The Morgan fingerprint density at radius 3 is 2.62 bits per heavy atom. The molecule has 0 spiro atoms. The van der Waals surface area contributed by atoms with Crippen molar-refractivity contribution in [3.63, 3.8) is 0 Å². The molecule has 1 aromatic heterocycles. The Morgan fingerprint density at radius 2 is 2.06 bits per heavy atom. The molecule has 1 aliphatic carbocycles. The van der Waals surface area contributed by atoms with Crippen molar-refractivity contribution in [2.75, 3.05) is 11.9 Å². The lowest BCUT2D eigenvalue weighted by Crippen LogP contribution is -2.43. The minimum absolute atomic E-state index is 0.468. The molecule has 0 radical (unpaired) electrons. The summed E-state index contributed by atoms with van der Waals surface area (Å²) in [5.74, 6) is 1.36. The number of aromatic nitrogens is 2. The Labute approximate surface area is 100 Å². The van der Waals surface area contributed by atoms with Crippen LogP contribution in [0, 0.1) is 13.8 Å². The highest BCUT2D eigenvalue weighted by Gasteiger charge is 2.34. The molecule has 0 bridgehead atoms. The molecule has 2 rings (SSSR count). The second kappa shape index (κ2) is 4.18. The van der Waals surface area contributed by atoms with E-state index in [0.29, 0.717) is 17.5 Å². The van der Waals surface area contributed by atoms with Gasteiger partial charge in [-0.2, -0.15) is 0 Å². The van der Waals surface area contributed by atoms with Crippen molar-refractivity contribution in [2.45, 2.75) is 38.7 Å². The summed E-state index contributed by atoms with van der Waals surface area (Å²) < 4.78 is 0. The molecule has 1 aliphatic rings. The van der Waals surface area contributed by atoms with Crippen LogP contribution in [0.15, 0.2) is 0 Å². The number of nitrogens with zero attached hydrogens (tertiary/aromatic N) is 2. The first-order chi connectivity index (χ1) is 7.50. The zero-order valence-electron chi connectivity index (χ0n) is 9.55. The lowest BCUT2D eigenvalue weighted by molar-refractivity contribution is -0.0202. The third-order valence-corrected chi connectivity index (χ3v) is 3.44. The zero-order valence-corrected chi connectivity index (χ0v) is 10.3. The molecule has 0 unspecified atom stereocenters. The predicted octanol–water partition coefficient (Wildman–Crippen LogP) is 2.07. The van der Waals surface area contributed by atoms with Crippen LogP contribution in [0.25, 0.3) is 0 Å². The molecule has 4 nitrogen and oxygen atoms in total. The number of nitrogens with one attached hydrogen (secondary N) is 1. The fourth-order valence-electron chi connectivity index (χ4n) is 1.78. The van der Waals surface area contributed by atoms with E-state index in [1.165, 1.54) is 0 Å². The Hall–Kier alpha value is -0.870. The van der Waals surface area contributed by atoms with E-state index < -0.39 is 5.60 Å². The number of aryl methyl sites for hydroxylation is 1. The van der Waals surface area contributed by atoms with Crippen LogP contribution in [0.2, 0.25) is 5.15 Å². The van der Waals surface area contributed by atoms with Crippen molar-refractivity contribution in [1.29, 1.82) is 0 Å². The van der Waals surface area contributed by atoms with Crippen LogP contribution in [0.1, 0.15) is 30.7 Å². The molecular formula is C11H16ClN3O. The fraction of sp³-hybridized carbons (Fsp3) is 0.636. The predicted molar refractivity (Wildman–Crippen MR) is 63.8 cm³/mol. The van der Waals surface area contributed by atoms with Gasteiger partial charge in [-0.1, -0.05) is 11.6 Å². The normalized spacial score (nSPS) is 18.0. The van der Waals surface area contributed by atoms with E-state index in [1.807, 2.05) is 6.92 Å². The van der Waals surface area contributed by atoms with Gasteiger partial charge >= 0.3 is 0 Å². The van der Waals surface area contributed by atoms with Gasteiger partial charge in [0.05, 0.1) is 5.60 Å². The van der Waals surface area contributed by atoms with Crippen LogP contribution in [-0.2, 0) is 0 Å². The van der Waals surface area contributed by atoms with Gasteiger partial charge in [0.25, 0.3) is 0 Å². The van der Waals surface area contributed by atoms with Crippen LogP contribution >= 0.6 is 11.6 Å². The summed E-state index contributed by atoms with van der Waals surface area (Å²) in [7, 11) is 0. The van der Waals surface area contributed by atoms with Gasteiger partial charge in [-0.15, -0.1) is 0 Å². The van der Waals surface area contributed by atoms with Gasteiger partial charge in [-0.3, -0.25) is 0 Å². The van der Waals surface area contributed by atoms with Crippen molar-refractivity contribution >= 4 is 17.4 Å². The number of anilines is 1. The molecule has 1 heterocycles. The number of aliphatic hydroxyl groups is 1. The van der Waals surface area contributed by atoms with Crippen LogP contribution in [0.5, 0.6) is 0 Å². The minimum Gasteiger partial charge on any atom is -0.388 e. The van der Waals surface area contributed by atoms with E-state index in [0.717, 1.165) is 30.6 Å². The Morgan fingerprint density at radius 1 is 1.38 bits per heavy atom. The molecule has 16 heavy (non-hydrogen) atoms. The van der Waals surface area contributed by atoms with Gasteiger partial charge in [0, 0.05) is 12.1 Å². The summed E-state index contributed by atoms with van der Waals surface area (Å²) in [5, 5.41) is 13.6. The summed E-state index contributed by atoms with van der Waals surface area (Å²) in [4.78, 5) is 8.34. The van der Waals surface area contributed by atoms with Crippen LogP contribution in [-0.4, -0.2) is 27.2 Å². The summed E-state index contributed by atoms with van der Waals surface area (Å²) in [6, 6.07) is 0. The standard InChI is InChI=1S/C11H16ClN3O/c1-7-9(12)14-8(2)15-10(7)13-6-11(16)4-3-5-11/h16H,3-6H2,1-2H3,(H,13,14,15). The highest BCUT2D eigenvalue weighted by Crippen LogP contribution is 2.32. The molecule has 0 saturated heterocycles. The van der Waals surface area contributed by atoms with Gasteiger partial charge in [0.2, 0.25) is 0 Å². The molecule has 0 aromatic carbocycles. The van der Waals surface area contributed by atoms with Crippen LogP contribution in [0.3, 0.4) is 0 Å². The van der Waals surface area contributed by atoms with Gasteiger partial charge in [-0.25, -0.2) is 9.97 Å². The number of hydrogen-bond donors (Lipinski definition) is 2. The molecule has 1 saturated carbocycles. The van der Waals surface area contributed by atoms with Gasteiger partial charge in [0.15, 0.2) is 0 Å². The molecule has 5 heteroatoms. The highest BCUT2D eigenvalue weighted by atomic mass is 35.5. The fourth-order valence-corrected chi connectivity index (χ4v) is 1.99. The first kappa shape index (κ1) is 11.6. The maximum atomic E-state index is 9.96. The van der Waals surface area contributed by atoms with Crippen molar-refractivity contribution in [3.8, 4) is 0 Å². The molecule has 2 N–H and O–H groups in total. The van der Waals surface area contributed by atoms with Crippen molar-refractivity contribution in [2.24, 2.45) is 0 Å². The second-order valence-electron chi connectivity index (χ2n) is 4.47. The van der Waals surface area contributed by atoms with Crippen molar-refractivity contribution in [1.82, 2.24) is 9.97 Å². The topological polar surface area (TPSA) is 58.0 Å². The molecule has 1 fully saturated rings. The maximum absolute atomic E-state index is 9.96. The van der Waals surface area contributed by atoms with E-state index in [1.54, 1.807) is 6.92 Å². The largest absolute Gasteiger partial charge is 0.388 e. The van der Waals surface area contributed by atoms with E-state index in [9.17, 15) is 5.11 Å². The van der Waals surface area contributed by atoms with Crippen molar-refractivity contribution in [3.05, 3.63) is 16.5 Å². The van der Waals surface area contributed by atoms with Gasteiger partial charge in [0.1, 0.15) is 16.8 Å². The van der Waals surface area contributed by atoms with Gasteiger partial charge in [-0.05, 0) is 33.1 Å². The highest BCUT2D eigenvalue weighted by molar-refractivity contribution is 6.30. The minimum atomic E-state index is -0.558. The molecule has 0 aliphatic heterocycles. The first-order valence-electron chi connectivity index (χ1n) is 5.47. The lowest BCUT2D eigenvalue weighted by Gasteiger charge is -2.36. The lowest BCUT2D eigenvalue weighted by atomic mass is 9.80. The smallest absolute Gasteiger partial charge is 0.137 e. The molecule has 0 amide bonds. The molecular weight excluding hydrogens is 226 g/mol. The van der Waals surface area contributed by atoms with Gasteiger partial charge < -0.3 is 10.4 Å². The number of halogens is 1. The average Bonchev–Trinajstić information content (AvgIpc) is 2.18. The number of rotatable bonds is 3. The molecule has 1 aromatic rings. The van der Waals surface area contributed by atoms with E-state index in [4.69, 9.17) is 11.6 Å². The third kappa shape index (κ3) is 2.28. The molecule has 0 atom stereocenters. The summed E-state index contributed by atoms with van der Waals surface area (Å²) in [6.07, 6.45) is 2.81. The summed E-state index contributed by atoms with van der Waals surface area (Å²) in [5.41, 5.74) is 0.271. The average molecular weight is 242 g/mol. The third-order valence-electron chi connectivity index (χ3n) is 3.07. The second-order valence-corrected chi connectivity index (χ2v) is 4.82. The monoisotopic (exact) mass is 241 g/mol. The van der Waals surface area contributed by atoms with E-state index in [2.05, 4.69) is 15.3 Å². The van der Waals surface area contributed by atoms with E-state index >= 15 is 0 Å². The van der Waals surface area contributed by atoms with Crippen LogP contribution in [0.4, 0.5) is 5.82 Å². The SMILES string of the molecule is Cc1nc(Cl)c(C)c(NCC2(O)CCC2)n1. The van der Waals surface area contributed by atoms with E-state index in [-0.39, 0.29) is 0 Å². The zero-order chi connectivity index (χ0) is 11.8. The Kier molecular flexibility index (Phi) is 3.04. The summed E-state index contributed by atoms with van der Waals surface area (Å²) >= 11 is 5.96. The quantitative estimate of drug-likeness (QED) is 0.796. The first-order valence-corrected chi connectivity index (χ1v) is 5.85. The Balaban J connectivity index is 2.09. The summed E-state index contributed by atoms with van der Waals surface area (Å²) in [6.45, 7) is 4.20. The van der Waals surface area contributed by atoms with Crippen molar-refractivity contribution < 1.29 is 5.11 Å².